The molecule has 0 bridgehead atoms. The fourth-order valence-electron chi connectivity index (χ4n) is 2.22. The van der Waals surface area contributed by atoms with E-state index in [1.54, 1.807) is 0 Å². The Morgan fingerprint density at radius 3 is 2.47 bits per heavy atom. The molecule has 1 saturated heterocycles. The number of carbonyl (C=O) groups is 1. The highest BCUT2D eigenvalue weighted by Gasteiger charge is 2.38. The highest BCUT2D eigenvalue weighted by molar-refractivity contribution is 5.84. The van der Waals surface area contributed by atoms with Crippen LogP contribution in [0, 0.1) is 5.92 Å². The van der Waals surface area contributed by atoms with Crippen molar-refractivity contribution in [3.05, 3.63) is 0 Å². The molecule has 1 rings (SSSR count). The summed E-state index contributed by atoms with van der Waals surface area (Å²) in [5.41, 5.74) is 0. The lowest BCUT2D eigenvalue weighted by Gasteiger charge is -2.25. The lowest BCUT2D eigenvalue weighted by atomic mass is 10.1. The highest BCUT2D eigenvalue weighted by atomic mass is 16.2. The SMILES string of the molecule is CCCCC1NC(C(C)C)N(CC)C1=O. The molecule has 0 aliphatic carbocycles. The summed E-state index contributed by atoms with van der Waals surface area (Å²) in [6.07, 6.45) is 3.51. The van der Waals surface area contributed by atoms with Crippen LogP contribution in [0.15, 0.2) is 0 Å². The first-order valence-corrected chi connectivity index (χ1v) is 6.18. The van der Waals surface area contributed by atoms with Gasteiger partial charge in [0.15, 0.2) is 0 Å². The molecule has 0 aromatic heterocycles. The van der Waals surface area contributed by atoms with E-state index in [2.05, 4.69) is 33.0 Å². The van der Waals surface area contributed by atoms with Gasteiger partial charge in [-0.05, 0) is 19.3 Å². The molecule has 0 spiro atoms. The van der Waals surface area contributed by atoms with Crippen LogP contribution in [0.4, 0.5) is 0 Å². The standard InChI is InChI=1S/C12H24N2O/c1-5-7-8-10-12(15)14(6-2)11(13-10)9(3)4/h9-11,13H,5-8H2,1-4H3. The molecule has 1 amide bonds. The second-order valence-corrected chi connectivity index (χ2v) is 4.67. The van der Waals surface area contributed by atoms with E-state index in [4.69, 9.17) is 0 Å². The van der Waals surface area contributed by atoms with Crippen LogP contribution < -0.4 is 5.32 Å². The molecule has 0 saturated carbocycles. The van der Waals surface area contributed by atoms with Gasteiger partial charge in [0.2, 0.25) is 5.91 Å². The van der Waals surface area contributed by atoms with Crippen molar-refractivity contribution in [2.45, 2.75) is 59.2 Å². The maximum absolute atomic E-state index is 12.0. The third-order valence-electron chi connectivity index (χ3n) is 3.11. The second-order valence-electron chi connectivity index (χ2n) is 4.67. The molecule has 0 aromatic rings. The Balaban J connectivity index is 2.61. The number of unbranched alkanes of at least 4 members (excludes halogenated alkanes) is 1. The van der Waals surface area contributed by atoms with E-state index < -0.39 is 0 Å². The Morgan fingerprint density at radius 2 is 2.07 bits per heavy atom. The number of carbonyl (C=O) groups excluding carboxylic acids is 1. The molecular weight excluding hydrogens is 188 g/mol. The number of hydrogen-bond acceptors (Lipinski definition) is 2. The molecule has 1 fully saturated rings. The van der Waals surface area contributed by atoms with Crippen molar-refractivity contribution >= 4 is 5.91 Å². The molecule has 0 aromatic carbocycles. The van der Waals surface area contributed by atoms with Gasteiger partial charge in [-0.1, -0.05) is 33.6 Å². The van der Waals surface area contributed by atoms with E-state index in [0.29, 0.717) is 11.8 Å². The Labute approximate surface area is 93.2 Å². The lowest BCUT2D eigenvalue weighted by Crippen LogP contribution is -2.41. The van der Waals surface area contributed by atoms with Crippen LogP contribution in [0.2, 0.25) is 0 Å². The predicted octanol–water partition coefficient (Wildman–Crippen LogP) is 1.98. The third kappa shape index (κ3) is 2.71. The first-order chi connectivity index (χ1) is 7.11. The van der Waals surface area contributed by atoms with Gasteiger partial charge < -0.3 is 4.90 Å². The van der Waals surface area contributed by atoms with E-state index in [-0.39, 0.29) is 12.2 Å². The molecule has 0 radical (unpaired) electrons. The lowest BCUT2D eigenvalue weighted by molar-refractivity contribution is -0.130. The Kier molecular flexibility index (Phi) is 4.58. The summed E-state index contributed by atoms with van der Waals surface area (Å²) >= 11 is 0. The molecule has 2 unspecified atom stereocenters. The number of amides is 1. The molecule has 1 N–H and O–H groups in total. The number of nitrogens with one attached hydrogen (secondary N) is 1. The summed E-state index contributed by atoms with van der Waals surface area (Å²) in [5.74, 6) is 0.783. The van der Waals surface area contributed by atoms with Gasteiger partial charge in [0, 0.05) is 6.54 Å². The smallest absolute Gasteiger partial charge is 0.241 e. The van der Waals surface area contributed by atoms with Crippen molar-refractivity contribution in [3.8, 4) is 0 Å². The number of hydrogen-bond donors (Lipinski definition) is 1. The molecule has 3 heteroatoms. The number of nitrogens with zero attached hydrogens (tertiary/aromatic N) is 1. The Morgan fingerprint density at radius 1 is 1.40 bits per heavy atom. The fourth-order valence-corrected chi connectivity index (χ4v) is 2.22. The maximum atomic E-state index is 12.0. The molecular formula is C12H24N2O. The first kappa shape index (κ1) is 12.5. The van der Waals surface area contributed by atoms with Crippen LogP contribution >= 0.6 is 0 Å². The van der Waals surface area contributed by atoms with Crippen molar-refractivity contribution in [1.29, 1.82) is 0 Å². The van der Waals surface area contributed by atoms with E-state index in [0.717, 1.165) is 25.8 Å². The van der Waals surface area contributed by atoms with Crippen LogP contribution in [-0.4, -0.2) is 29.6 Å². The average molecular weight is 212 g/mol. The number of rotatable bonds is 5. The topological polar surface area (TPSA) is 32.3 Å². The van der Waals surface area contributed by atoms with Gasteiger partial charge in [-0.2, -0.15) is 0 Å². The Bertz CT molecular complexity index is 216. The van der Waals surface area contributed by atoms with Gasteiger partial charge in [-0.3, -0.25) is 10.1 Å². The summed E-state index contributed by atoms with van der Waals surface area (Å²) in [7, 11) is 0. The van der Waals surface area contributed by atoms with Gasteiger partial charge in [0.05, 0.1) is 12.2 Å². The molecule has 2 atom stereocenters. The maximum Gasteiger partial charge on any atom is 0.241 e. The van der Waals surface area contributed by atoms with Crippen molar-refractivity contribution < 1.29 is 4.79 Å². The van der Waals surface area contributed by atoms with Crippen molar-refractivity contribution in [1.82, 2.24) is 10.2 Å². The van der Waals surface area contributed by atoms with E-state index in [1.807, 2.05) is 4.90 Å². The van der Waals surface area contributed by atoms with E-state index in [1.165, 1.54) is 0 Å². The van der Waals surface area contributed by atoms with E-state index in [9.17, 15) is 4.79 Å². The summed E-state index contributed by atoms with van der Waals surface area (Å²) in [6.45, 7) is 9.36. The van der Waals surface area contributed by atoms with Gasteiger partial charge in [-0.15, -0.1) is 0 Å². The summed E-state index contributed by atoms with van der Waals surface area (Å²) in [4.78, 5) is 14.0. The largest absolute Gasteiger partial charge is 0.326 e. The van der Waals surface area contributed by atoms with Crippen LogP contribution in [-0.2, 0) is 4.79 Å². The van der Waals surface area contributed by atoms with Crippen molar-refractivity contribution in [2.24, 2.45) is 5.92 Å². The quantitative estimate of drug-likeness (QED) is 0.755. The average Bonchev–Trinajstić information content (AvgIpc) is 2.52. The van der Waals surface area contributed by atoms with Gasteiger partial charge in [0.1, 0.15) is 0 Å². The molecule has 88 valence electrons. The predicted molar refractivity (Wildman–Crippen MR) is 62.5 cm³/mol. The minimum Gasteiger partial charge on any atom is -0.326 e. The van der Waals surface area contributed by atoms with Gasteiger partial charge in [0.25, 0.3) is 0 Å². The summed E-state index contributed by atoms with van der Waals surface area (Å²) in [5, 5.41) is 3.45. The minimum atomic E-state index is 0.0669. The zero-order valence-corrected chi connectivity index (χ0v) is 10.4. The number of likely N-dealkylation sites (N-methyl/N-ethyl adjacent to an activating group) is 1. The summed E-state index contributed by atoms with van der Waals surface area (Å²) < 4.78 is 0. The van der Waals surface area contributed by atoms with Crippen LogP contribution in [0.1, 0.15) is 47.0 Å². The van der Waals surface area contributed by atoms with Crippen molar-refractivity contribution in [3.63, 3.8) is 0 Å². The van der Waals surface area contributed by atoms with Crippen LogP contribution in [0.5, 0.6) is 0 Å². The molecule has 1 heterocycles. The normalized spacial score (nSPS) is 26.7. The third-order valence-corrected chi connectivity index (χ3v) is 3.11. The first-order valence-electron chi connectivity index (χ1n) is 6.18. The molecule has 1 aliphatic heterocycles. The van der Waals surface area contributed by atoms with Crippen LogP contribution in [0.3, 0.4) is 0 Å². The van der Waals surface area contributed by atoms with Gasteiger partial charge in [-0.25, -0.2) is 0 Å². The van der Waals surface area contributed by atoms with Gasteiger partial charge >= 0.3 is 0 Å². The highest BCUT2D eigenvalue weighted by Crippen LogP contribution is 2.19. The zero-order valence-electron chi connectivity index (χ0n) is 10.4. The Hall–Kier alpha value is -0.570. The van der Waals surface area contributed by atoms with Crippen molar-refractivity contribution in [2.75, 3.05) is 6.54 Å². The summed E-state index contributed by atoms with van der Waals surface area (Å²) in [6, 6.07) is 0.0669. The minimum absolute atomic E-state index is 0.0669. The monoisotopic (exact) mass is 212 g/mol. The molecule has 15 heavy (non-hydrogen) atoms. The van der Waals surface area contributed by atoms with E-state index >= 15 is 0 Å². The molecule has 1 aliphatic rings. The zero-order chi connectivity index (χ0) is 11.4. The molecule has 3 nitrogen and oxygen atoms in total. The fraction of sp³-hybridized carbons (Fsp3) is 0.917. The second kappa shape index (κ2) is 5.50. The van der Waals surface area contributed by atoms with Crippen LogP contribution in [0.25, 0.3) is 0 Å².